The van der Waals surface area contributed by atoms with Crippen LogP contribution in [0.3, 0.4) is 0 Å². The van der Waals surface area contributed by atoms with Crippen LogP contribution in [0.2, 0.25) is 0 Å². The molecule has 2 aromatic rings. The summed E-state index contributed by atoms with van der Waals surface area (Å²) >= 11 is 1.55. The van der Waals surface area contributed by atoms with Crippen LogP contribution in [0, 0.1) is 6.92 Å². The van der Waals surface area contributed by atoms with E-state index in [9.17, 15) is 0 Å². The molecule has 80 valence electrons. The first-order valence-electron chi connectivity index (χ1n) is 4.50. The Hall–Kier alpha value is -1.06. The summed E-state index contributed by atoms with van der Waals surface area (Å²) in [6.07, 6.45) is 2.77. The van der Waals surface area contributed by atoms with Crippen LogP contribution in [-0.2, 0) is 6.42 Å². The summed E-state index contributed by atoms with van der Waals surface area (Å²) in [6.45, 7) is 2.09. The lowest BCUT2D eigenvalue weighted by Crippen LogP contribution is -1.84. The van der Waals surface area contributed by atoms with Crippen molar-refractivity contribution in [2.24, 2.45) is 0 Å². The largest absolute Gasteiger partial charge is 0.375 e. The Morgan fingerprint density at radius 1 is 1.27 bits per heavy atom. The zero-order chi connectivity index (χ0) is 9.97. The van der Waals surface area contributed by atoms with E-state index in [0.717, 1.165) is 6.42 Å². The average molecular weight is 241 g/mol. The van der Waals surface area contributed by atoms with Crippen molar-refractivity contribution in [1.29, 1.82) is 0 Å². The van der Waals surface area contributed by atoms with Gasteiger partial charge in [-0.15, -0.1) is 23.7 Å². The minimum absolute atomic E-state index is 0. The molecule has 0 bridgehead atoms. The number of nitrogens with two attached hydrogens (primary N) is 1. The number of aromatic nitrogens is 1. The summed E-state index contributed by atoms with van der Waals surface area (Å²) in [5, 5.41) is 0.645. The van der Waals surface area contributed by atoms with Crippen LogP contribution in [0.5, 0.6) is 0 Å². The molecule has 1 aromatic heterocycles. The molecular weight excluding hydrogens is 228 g/mol. The first-order chi connectivity index (χ1) is 6.74. The average Bonchev–Trinajstić information content (AvgIpc) is 2.56. The van der Waals surface area contributed by atoms with Gasteiger partial charge in [-0.2, -0.15) is 0 Å². The van der Waals surface area contributed by atoms with Crippen LogP contribution in [0.15, 0.2) is 30.5 Å². The highest BCUT2D eigenvalue weighted by Crippen LogP contribution is 2.18. The van der Waals surface area contributed by atoms with Crippen LogP contribution in [0.4, 0.5) is 5.13 Å². The molecule has 0 amide bonds. The predicted octanol–water partition coefficient (Wildman–Crippen LogP) is 3.05. The van der Waals surface area contributed by atoms with Gasteiger partial charge in [0.05, 0.1) is 0 Å². The maximum atomic E-state index is 5.56. The van der Waals surface area contributed by atoms with Gasteiger partial charge in [-0.3, -0.25) is 0 Å². The second kappa shape index (κ2) is 5.14. The Morgan fingerprint density at radius 2 is 1.93 bits per heavy atom. The third-order valence-corrected chi connectivity index (χ3v) is 2.90. The molecule has 15 heavy (non-hydrogen) atoms. The number of aryl methyl sites for hydroxylation is 1. The van der Waals surface area contributed by atoms with E-state index in [2.05, 4.69) is 36.2 Å². The van der Waals surface area contributed by atoms with E-state index in [0.29, 0.717) is 5.13 Å². The van der Waals surface area contributed by atoms with Gasteiger partial charge in [-0.25, -0.2) is 4.98 Å². The van der Waals surface area contributed by atoms with Gasteiger partial charge in [-0.05, 0) is 12.5 Å². The quantitative estimate of drug-likeness (QED) is 0.877. The number of thiazole rings is 1. The summed E-state index contributed by atoms with van der Waals surface area (Å²) in [7, 11) is 0. The summed E-state index contributed by atoms with van der Waals surface area (Å²) in [5.74, 6) is 0. The third kappa shape index (κ3) is 3.22. The number of halogens is 1. The van der Waals surface area contributed by atoms with Crippen molar-refractivity contribution in [1.82, 2.24) is 4.98 Å². The molecule has 0 aliphatic carbocycles. The summed E-state index contributed by atoms with van der Waals surface area (Å²) in [6, 6.07) is 8.54. The molecular formula is C11H13ClN2S. The minimum Gasteiger partial charge on any atom is -0.375 e. The van der Waals surface area contributed by atoms with Crippen LogP contribution >= 0.6 is 23.7 Å². The van der Waals surface area contributed by atoms with Crippen molar-refractivity contribution >= 4 is 28.9 Å². The number of nitrogen functional groups attached to an aromatic ring is 1. The van der Waals surface area contributed by atoms with Crippen molar-refractivity contribution < 1.29 is 0 Å². The minimum atomic E-state index is 0. The molecule has 2 nitrogen and oxygen atoms in total. The van der Waals surface area contributed by atoms with E-state index in [1.54, 1.807) is 11.3 Å². The summed E-state index contributed by atoms with van der Waals surface area (Å²) in [5.41, 5.74) is 8.16. The van der Waals surface area contributed by atoms with Gasteiger partial charge in [0.1, 0.15) is 0 Å². The molecule has 0 radical (unpaired) electrons. The molecule has 0 atom stereocenters. The lowest BCUT2D eigenvalue weighted by molar-refractivity contribution is 1.21. The van der Waals surface area contributed by atoms with E-state index in [1.165, 1.54) is 16.0 Å². The number of nitrogens with zero attached hydrogens (tertiary/aromatic N) is 1. The Labute approximate surface area is 99.6 Å². The first kappa shape index (κ1) is 12.0. The van der Waals surface area contributed by atoms with E-state index < -0.39 is 0 Å². The molecule has 1 aromatic carbocycles. The molecule has 0 saturated carbocycles. The fraction of sp³-hybridized carbons (Fsp3) is 0.182. The van der Waals surface area contributed by atoms with E-state index in [1.807, 2.05) is 6.20 Å². The molecule has 0 fully saturated rings. The summed E-state index contributed by atoms with van der Waals surface area (Å²) in [4.78, 5) is 5.24. The number of hydrogen-bond acceptors (Lipinski definition) is 3. The van der Waals surface area contributed by atoms with Gasteiger partial charge < -0.3 is 5.73 Å². The van der Waals surface area contributed by atoms with Crippen molar-refractivity contribution in [2.45, 2.75) is 13.3 Å². The monoisotopic (exact) mass is 240 g/mol. The SMILES string of the molecule is Cc1ccc(Cc2cnc(N)s2)cc1.Cl. The van der Waals surface area contributed by atoms with Gasteiger partial charge in [0, 0.05) is 17.5 Å². The van der Waals surface area contributed by atoms with Crippen LogP contribution < -0.4 is 5.73 Å². The highest BCUT2D eigenvalue weighted by molar-refractivity contribution is 7.15. The lowest BCUT2D eigenvalue weighted by Gasteiger charge is -1.98. The van der Waals surface area contributed by atoms with Crippen molar-refractivity contribution in [2.75, 3.05) is 5.73 Å². The van der Waals surface area contributed by atoms with Crippen molar-refractivity contribution in [3.8, 4) is 0 Å². The second-order valence-electron chi connectivity index (χ2n) is 3.33. The molecule has 2 rings (SSSR count). The predicted molar refractivity (Wildman–Crippen MR) is 67.8 cm³/mol. The first-order valence-corrected chi connectivity index (χ1v) is 5.31. The maximum absolute atomic E-state index is 5.56. The van der Waals surface area contributed by atoms with Crippen LogP contribution in [0.25, 0.3) is 0 Å². The highest BCUT2D eigenvalue weighted by Gasteiger charge is 1.99. The van der Waals surface area contributed by atoms with Gasteiger partial charge >= 0.3 is 0 Å². The molecule has 2 N–H and O–H groups in total. The smallest absolute Gasteiger partial charge is 0.180 e. The van der Waals surface area contributed by atoms with Crippen LogP contribution in [0.1, 0.15) is 16.0 Å². The molecule has 1 heterocycles. The van der Waals surface area contributed by atoms with Gasteiger partial charge in [-0.1, -0.05) is 29.8 Å². The molecule has 0 saturated heterocycles. The van der Waals surface area contributed by atoms with E-state index in [4.69, 9.17) is 5.73 Å². The van der Waals surface area contributed by atoms with Gasteiger partial charge in [0.15, 0.2) is 5.13 Å². The standard InChI is InChI=1S/C11H12N2S.ClH/c1-8-2-4-9(5-3-8)6-10-7-13-11(12)14-10;/h2-5,7H,6H2,1H3,(H2,12,13);1H. The van der Waals surface area contributed by atoms with Crippen LogP contribution in [-0.4, -0.2) is 4.98 Å². The summed E-state index contributed by atoms with van der Waals surface area (Å²) < 4.78 is 0. The Balaban J connectivity index is 0.00000112. The zero-order valence-corrected chi connectivity index (χ0v) is 10.1. The number of hydrogen-bond donors (Lipinski definition) is 1. The highest BCUT2D eigenvalue weighted by atomic mass is 35.5. The van der Waals surface area contributed by atoms with E-state index >= 15 is 0 Å². The fourth-order valence-corrected chi connectivity index (χ4v) is 2.03. The third-order valence-electron chi connectivity index (χ3n) is 2.07. The number of benzene rings is 1. The number of rotatable bonds is 2. The van der Waals surface area contributed by atoms with E-state index in [-0.39, 0.29) is 12.4 Å². The molecule has 0 unspecified atom stereocenters. The molecule has 0 aliphatic rings. The molecule has 0 aliphatic heterocycles. The number of anilines is 1. The van der Waals surface area contributed by atoms with Gasteiger partial charge in [0.25, 0.3) is 0 Å². The zero-order valence-electron chi connectivity index (χ0n) is 8.43. The second-order valence-corrected chi connectivity index (χ2v) is 4.47. The Bertz CT molecular complexity index is 422. The molecule has 0 spiro atoms. The van der Waals surface area contributed by atoms with Crippen molar-refractivity contribution in [3.05, 3.63) is 46.5 Å². The fourth-order valence-electron chi connectivity index (χ4n) is 1.31. The van der Waals surface area contributed by atoms with Crippen molar-refractivity contribution in [3.63, 3.8) is 0 Å². The topological polar surface area (TPSA) is 38.9 Å². The molecule has 4 heteroatoms. The normalized spacial score (nSPS) is 9.67. The lowest BCUT2D eigenvalue weighted by atomic mass is 10.1. The van der Waals surface area contributed by atoms with Gasteiger partial charge in [0.2, 0.25) is 0 Å². The maximum Gasteiger partial charge on any atom is 0.180 e. The Kier molecular flexibility index (Phi) is 4.12. The Morgan fingerprint density at radius 3 is 2.47 bits per heavy atom.